The minimum atomic E-state index is -1.19. The van der Waals surface area contributed by atoms with Crippen LogP contribution in [0.4, 0.5) is 0 Å². The highest BCUT2D eigenvalue weighted by Crippen LogP contribution is 2.36. The molecule has 0 aliphatic carbocycles. The largest absolute Gasteiger partial charge is 0.387 e. The number of rotatable bonds is 8. The van der Waals surface area contributed by atoms with E-state index in [9.17, 15) is 15.2 Å². The number of imidazole rings is 1. The van der Waals surface area contributed by atoms with Gasteiger partial charge in [0, 0.05) is 22.5 Å². The molecule has 1 aromatic carbocycles. The van der Waals surface area contributed by atoms with E-state index >= 15 is 0 Å². The van der Waals surface area contributed by atoms with Crippen LogP contribution in [0.25, 0.3) is 28.2 Å². The highest BCUT2D eigenvalue weighted by atomic mass is 32.2. The van der Waals surface area contributed by atoms with Gasteiger partial charge in [0.15, 0.2) is 5.65 Å². The lowest BCUT2D eigenvalue weighted by atomic mass is 9.40. The van der Waals surface area contributed by atoms with E-state index < -0.39 is 16.4 Å². The number of thioether (sulfide) groups is 1. The van der Waals surface area contributed by atoms with Gasteiger partial charge in [-0.2, -0.15) is 10.4 Å². The Morgan fingerprint density at radius 2 is 1.57 bits per heavy atom. The molecule has 3 aromatic heterocycles. The van der Waals surface area contributed by atoms with Crippen molar-refractivity contribution < 1.29 is 9.90 Å². The summed E-state index contributed by atoms with van der Waals surface area (Å²) in [5.74, 6) is -0.413. The van der Waals surface area contributed by atoms with Crippen molar-refractivity contribution in [2.75, 3.05) is 6.26 Å². The van der Waals surface area contributed by atoms with Crippen molar-refractivity contribution in [3.63, 3.8) is 0 Å². The Bertz CT molecular complexity index is 1690. The Balaban J connectivity index is 2.02. The maximum absolute atomic E-state index is 13.5. The third-order valence-corrected chi connectivity index (χ3v) is 8.96. The molecule has 0 saturated carbocycles. The lowest BCUT2D eigenvalue weighted by Crippen LogP contribution is -2.57. The zero-order valence-electron chi connectivity index (χ0n) is 26.1. The van der Waals surface area contributed by atoms with Crippen LogP contribution in [-0.4, -0.2) is 94.4 Å². The molecule has 1 atom stereocenters. The molecule has 0 aliphatic rings. The van der Waals surface area contributed by atoms with Crippen molar-refractivity contribution >= 4 is 70.4 Å². The first-order valence-electron chi connectivity index (χ1n) is 13.9. The summed E-state index contributed by atoms with van der Waals surface area (Å²) < 4.78 is 1.69. The molecular formula is C27H34B6N6O2S. The Hall–Kier alpha value is -3.35. The number of fused-ring (bicyclic) bond motifs is 1. The molecule has 3 heterocycles. The van der Waals surface area contributed by atoms with Gasteiger partial charge in [-0.3, -0.25) is 9.78 Å². The number of pyridine rings is 1. The molecule has 4 aromatic rings. The lowest BCUT2D eigenvalue weighted by molar-refractivity contribution is 0.0277. The fourth-order valence-corrected chi connectivity index (χ4v) is 5.12. The number of carbonyl (C=O) groups is 1. The van der Waals surface area contributed by atoms with Crippen LogP contribution in [0.1, 0.15) is 48.2 Å². The van der Waals surface area contributed by atoms with Gasteiger partial charge in [0.1, 0.15) is 16.3 Å². The number of nitriles is 1. The van der Waals surface area contributed by atoms with Gasteiger partial charge in [-0.15, -0.1) is 11.8 Å². The minimum Gasteiger partial charge on any atom is -0.387 e. The standard InChI is InChI=1S/C27H34B6N6O2S/c1-24(2,41)25(3,42-4)37-23(40)17-8-9-20-36-21(15-7-5-6-14(10-15)13-34)22(39(20)38-17)16-11-18(26(28,29)30)35-19(12-16)27(31,32)33/h5-12,41H,28-33H2,1-4H3,(H,37,40). The van der Waals surface area contributed by atoms with E-state index in [1.165, 1.54) is 11.8 Å². The molecule has 15 heteroatoms. The third-order valence-electron chi connectivity index (χ3n) is 7.54. The van der Waals surface area contributed by atoms with Crippen molar-refractivity contribution in [3.8, 4) is 28.6 Å². The van der Waals surface area contributed by atoms with Gasteiger partial charge >= 0.3 is 0 Å². The van der Waals surface area contributed by atoms with Crippen molar-refractivity contribution in [2.45, 2.75) is 41.5 Å². The van der Waals surface area contributed by atoms with Crippen LogP contribution < -0.4 is 5.32 Å². The third kappa shape index (κ3) is 6.20. The number of aromatic nitrogens is 4. The summed E-state index contributed by atoms with van der Waals surface area (Å²) in [5, 5.41) is 27.6. The molecule has 1 unspecified atom stereocenters. The van der Waals surface area contributed by atoms with E-state index in [1.54, 1.807) is 43.5 Å². The van der Waals surface area contributed by atoms with E-state index in [0.29, 0.717) is 22.6 Å². The molecule has 42 heavy (non-hydrogen) atoms. The van der Waals surface area contributed by atoms with Gasteiger partial charge in [-0.25, -0.2) is 9.50 Å². The quantitative estimate of drug-likeness (QED) is 0.185. The van der Waals surface area contributed by atoms with Crippen LogP contribution in [0.5, 0.6) is 0 Å². The molecule has 0 saturated heterocycles. The molecule has 2 N–H and O–H groups in total. The average Bonchev–Trinajstić information content (AvgIpc) is 3.30. The highest BCUT2D eigenvalue weighted by molar-refractivity contribution is 8.00. The van der Waals surface area contributed by atoms with Crippen molar-refractivity contribution in [2.24, 2.45) is 0 Å². The Morgan fingerprint density at radius 1 is 0.952 bits per heavy atom. The number of hydrogen-bond donors (Lipinski definition) is 2. The minimum absolute atomic E-state index is 0.184. The van der Waals surface area contributed by atoms with Crippen LogP contribution in [0, 0.1) is 11.3 Å². The summed E-state index contributed by atoms with van der Waals surface area (Å²) in [7, 11) is 12.8. The zero-order chi connectivity index (χ0) is 31.3. The molecule has 4 rings (SSSR count). The second-order valence-electron chi connectivity index (χ2n) is 13.4. The van der Waals surface area contributed by atoms with Crippen molar-refractivity contribution in [1.82, 2.24) is 24.9 Å². The van der Waals surface area contributed by atoms with Crippen molar-refractivity contribution in [3.05, 3.63) is 71.2 Å². The predicted octanol–water partition coefficient (Wildman–Crippen LogP) is -2.07. The topological polar surface area (TPSA) is 116 Å². The predicted molar refractivity (Wildman–Crippen MR) is 187 cm³/mol. The van der Waals surface area contributed by atoms with Crippen LogP contribution >= 0.6 is 11.8 Å². The van der Waals surface area contributed by atoms with Crippen LogP contribution in [0.3, 0.4) is 0 Å². The molecule has 0 fully saturated rings. The fraction of sp³-hybridized carbons (Fsp3) is 0.296. The first kappa shape index (κ1) is 31.6. The van der Waals surface area contributed by atoms with Crippen LogP contribution in [-0.2, 0) is 10.2 Å². The molecular weight excluding hydrogens is 537 g/mol. The molecule has 0 spiro atoms. The SMILES string of the molecule is BC(B)(B)c1cc(-c2c(-c3cccc(C#N)c3)nc3ccc(C(=O)NC(C)(SC)C(C)(C)O)nn23)cc(C(B)(B)B)n1. The maximum atomic E-state index is 13.5. The molecule has 0 aliphatic heterocycles. The van der Waals surface area contributed by atoms with E-state index in [4.69, 9.17) is 15.1 Å². The summed E-state index contributed by atoms with van der Waals surface area (Å²) >= 11 is 1.36. The van der Waals surface area contributed by atoms with Gasteiger partial charge in [0.25, 0.3) is 5.91 Å². The monoisotopic (exact) mass is 572 g/mol. The number of amides is 1. The summed E-state index contributed by atoms with van der Waals surface area (Å²) in [6.45, 7) is 5.12. The van der Waals surface area contributed by atoms with E-state index in [2.05, 4.69) is 70.6 Å². The van der Waals surface area contributed by atoms with Gasteiger partial charge in [-0.1, -0.05) is 22.4 Å². The van der Waals surface area contributed by atoms with Gasteiger partial charge in [-0.05, 0) is 63.4 Å². The number of nitrogens with one attached hydrogen (secondary N) is 1. The number of benzene rings is 1. The van der Waals surface area contributed by atoms with Gasteiger partial charge in [0.05, 0.1) is 70.0 Å². The van der Waals surface area contributed by atoms with Crippen LogP contribution in [0.15, 0.2) is 48.5 Å². The fourth-order valence-electron chi connectivity index (χ4n) is 4.42. The molecule has 8 nitrogen and oxygen atoms in total. The van der Waals surface area contributed by atoms with E-state index in [0.717, 1.165) is 22.5 Å². The molecule has 1 amide bonds. The first-order valence-corrected chi connectivity index (χ1v) is 15.1. The number of hydrogen-bond acceptors (Lipinski definition) is 7. The van der Waals surface area contributed by atoms with Crippen LogP contribution in [0.2, 0.25) is 0 Å². The maximum Gasteiger partial charge on any atom is 0.272 e. The Morgan fingerprint density at radius 3 is 2.10 bits per heavy atom. The number of carbonyl (C=O) groups excluding carboxylic acids is 1. The first-order chi connectivity index (χ1) is 19.4. The molecule has 208 valence electrons. The average molecular weight is 572 g/mol. The Kier molecular flexibility index (Phi) is 8.31. The summed E-state index contributed by atoms with van der Waals surface area (Å²) in [6, 6.07) is 17.1. The second kappa shape index (κ2) is 11.1. The highest BCUT2D eigenvalue weighted by Gasteiger charge is 2.41. The molecule has 0 bridgehead atoms. The van der Waals surface area contributed by atoms with E-state index in [1.807, 2.05) is 24.5 Å². The van der Waals surface area contributed by atoms with E-state index in [-0.39, 0.29) is 15.9 Å². The summed E-state index contributed by atoms with van der Waals surface area (Å²) in [4.78, 5) is 22.5. The normalized spacial score (nSPS) is 13.8. The van der Waals surface area contributed by atoms with Gasteiger partial charge in [0.2, 0.25) is 0 Å². The smallest absolute Gasteiger partial charge is 0.272 e. The molecule has 0 radical (unpaired) electrons. The van der Waals surface area contributed by atoms with Gasteiger partial charge < -0.3 is 10.4 Å². The van der Waals surface area contributed by atoms with Crippen molar-refractivity contribution in [1.29, 1.82) is 5.26 Å². The Labute approximate surface area is 257 Å². The zero-order valence-corrected chi connectivity index (χ0v) is 26.9. The summed E-state index contributed by atoms with van der Waals surface area (Å²) in [5.41, 5.74) is 4.89. The lowest BCUT2D eigenvalue weighted by Gasteiger charge is -2.39. The second-order valence-corrected chi connectivity index (χ2v) is 14.6. The number of nitrogens with zero attached hydrogens (tertiary/aromatic N) is 5. The summed E-state index contributed by atoms with van der Waals surface area (Å²) in [6.07, 6.45) is 1.84. The number of aliphatic hydroxyl groups is 1.